The van der Waals surface area contributed by atoms with Gasteiger partial charge in [0.05, 0.1) is 12.7 Å². The Bertz CT molecular complexity index is 279. The highest BCUT2D eigenvalue weighted by Crippen LogP contribution is 2.33. The van der Waals surface area contributed by atoms with Gasteiger partial charge in [-0.1, -0.05) is 12.1 Å². The van der Waals surface area contributed by atoms with E-state index in [0.29, 0.717) is 12.7 Å². The predicted octanol–water partition coefficient (Wildman–Crippen LogP) is 2.63. The maximum atomic E-state index is 5.68. The molecule has 2 heteroatoms. The van der Waals surface area contributed by atoms with Crippen LogP contribution in [0.5, 0.6) is 11.5 Å². The van der Waals surface area contributed by atoms with Gasteiger partial charge >= 0.3 is 0 Å². The molecule has 70 valence electrons. The normalized spacial score (nSPS) is 15.5. The summed E-state index contributed by atoms with van der Waals surface area (Å²) in [7, 11) is 0. The predicted molar refractivity (Wildman–Crippen MR) is 51.3 cm³/mol. The Morgan fingerprint density at radius 1 is 1.23 bits per heavy atom. The van der Waals surface area contributed by atoms with Crippen LogP contribution in [0, 0.1) is 0 Å². The molecule has 0 unspecified atom stereocenters. The minimum absolute atomic E-state index is 0.432. The SMILES string of the molecule is CCOc1ccccc1OC1CC1. The maximum absolute atomic E-state index is 5.68. The van der Waals surface area contributed by atoms with Gasteiger partial charge in [-0.05, 0) is 31.9 Å². The molecule has 1 saturated carbocycles. The van der Waals surface area contributed by atoms with Crippen LogP contribution in [0.4, 0.5) is 0 Å². The number of hydrogen-bond donors (Lipinski definition) is 0. The Morgan fingerprint density at radius 2 is 1.92 bits per heavy atom. The highest BCUT2D eigenvalue weighted by Gasteiger charge is 2.24. The number of benzene rings is 1. The second-order valence-corrected chi connectivity index (χ2v) is 3.20. The van der Waals surface area contributed by atoms with Crippen LogP contribution in [0.25, 0.3) is 0 Å². The first kappa shape index (κ1) is 8.42. The van der Waals surface area contributed by atoms with E-state index in [1.807, 2.05) is 31.2 Å². The van der Waals surface area contributed by atoms with Gasteiger partial charge in [0.1, 0.15) is 0 Å². The van der Waals surface area contributed by atoms with E-state index in [0.717, 1.165) is 11.5 Å². The van der Waals surface area contributed by atoms with Gasteiger partial charge in [0.15, 0.2) is 11.5 Å². The van der Waals surface area contributed by atoms with Crippen LogP contribution in [0.3, 0.4) is 0 Å². The van der Waals surface area contributed by atoms with Crippen LogP contribution < -0.4 is 9.47 Å². The molecule has 1 aliphatic carbocycles. The molecular formula is C11H14O2. The molecule has 1 aromatic carbocycles. The molecule has 0 radical (unpaired) electrons. The lowest BCUT2D eigenvalue weighted by Crippen LogP contribution is -1.99. The minimum Gasteiger partial charge on any atom is -0.490 e. The Kier molecular flexibility index (Phi) is 2.39. The molecule has 1 fully saturated rings. The summed E-state index contributed by atoms with van der Waals surface area (Å²) in [6, 6.07) is 7.84. The topological polar surface area (TPSA) is 18.5 Å². The molecule has 0 amide bonds. The van der Waals surface area contributed by atoms with E-state index in [2.05, 4.69) is 0 Å². The summed E-state index contributed by atoms with van der Waals surface area (Å²) in [5.41, 5.74) is 0. The quantitative estimate of drug-likeness (QED) is 0.705. The summed E-state index contributed by atoms with van der Waals surface area (Å²) in [6.07, 6.45) is 2.79. The van der Waals surface area contributed by atoms with E-state index in [-0.39, 0.29) is 0 Å². The summed E-state index contributed by atoms with van der Waals surface area (Å²) in [5, 5.41) is 0. The van der Waals surface area contributed by atoms with Crippen molar-refractivity contribution in [3.05, 3.63) is 24.3 Å². The van der Waals surface area contributed by atoms with Crippen molar-refractivity contribution in [3.8, 4) is 11.5 Å². The fourth-order valence-electron chi connectivity index (χ4n) is 1.19. The Labute approximate surface area is 78.5 Å². The summed E-state index contributed by atoms with van der Waals surface area (Å²) >= 11 is 0. The summed E-state index contributed by atoms with van der Waals surface area (Å²) in [6.45, 7) is 2.67. The van der Waals surface area contributed by atoms with Crippen LogP contribution in [-0.2, 0) is 0 Å². The third-order valence-electron chi connectivity index (χ3n) is 1.97. The molecule has 1 aliphatic rings. The van der Waals surface area contributed by atoms with Crippen molar-refractivity contribution in [2.45, 2.75) is 25.9 Å². The molecule has 0 aliphatic heterocycles. The van der Waals surface area contributed by atoms with E-state index in [1.54, 1.807) is 0 Å². The largest absolute Gasteiger partial charge is 0.490 e. The van der Waals surface area contributed by atoms with E-state index in [9.17, 15) is 0 Å². The lowest BCUT2D eigenvalue weighted by Gasteiger charge is -2.10. The first-order chi connectivity index (χ1) is 6.40. The Balaban J connectivity index is 2.10. The van der Waals surface area contributed by atoms with E-state index in [1.165, 1.54) is 12.8 Å². The average Bonchev–Trinajstić information content (AvgIpc) is 2.93. The zero-order valence-corrected chi connectivity index (χ0v) is 7.82. The molecule has 1 aromatic rings. The third-order valence-corrected chi connectivity index (χ3v) is 1.97. The Morgan fingerprint density at radius 3 is 2.54 bits per heavy atom. The summed E-state index contributed by atoms with van der Waals surface area (Å²) < 4.78 is 11.1. The number of hydrogen-bond acceptors (Lipinski definition) is 2. The van der Waals surface area contributed by atoms with E-state index in [4.69, 9.17) is 9.47 Å². The monoisotopic (exact) mass is 178 g/mol. The van der Waals surface area contributed by atoms with Gasteiger partial charge in [-0.15, -0.1) is 0 Å². The van der Waals surface area contributed by atoms with Gasteiger partial charge in [-0.2, -0.15) is 0 Å². The highest BCUT2D eigenvalue weighted by molar-refractivity contribution is 5.39. The molecule has 0 N–H and O–H groups in total. The minimum atomic E-state index is 0.432. The van der Waals surface area contributed by atoms with Crippen LogP contribution in [-0.4, -0.2) is 12.7 Å². The van der Waals surface area contributed by atoms with Gasteiger partial charge in [-0.3, -0.25) is 0 Å². The lowest BCUT2D eigenvalue weighted by atomic mass is 10.3. The molecule has 0 atom stereocenters. The van der Waals surface area contributed by atoms with Crippen LogP contribution in [0.2, 0.25) is 0 Å². The third kappa shape index (κ3) is 2.14. The lowest BCUT2D eigenvalue weighted by molar-refractivity contribution is 0.267. The molecule has 0 spiro atoms. The second-order valence-electron chi connectivity index (χ2n) is 3.20. The maximum Gasteiger partial charge on any atom is 0.161 e. The van der Waals surface area contributed by atoms with E-state index >= 15 is 0 Å². The zero-order chi connectivity index (χ0) is 9.10. The molecule has 0 aromatic heterocycles. The average molecular weight is 178 g/mol. The second kappa shape index (κ2) is 3.69. The fraction of sp³-hybridized carbons (Fsp3) is 0.455. The summed E-state index contributed by atoms with van der Waals surface area (Å²) in [4.78, 5) is 0. The molecule has 0 saturated heterocycles. The van der Waals surface area contributed by atoms with Crippen molar-refractivity contribution in [1.29, 1.82) is 0 Å². The number of rotatable bonds is 4. The van der Waals surface area contributed by atoms with Crippen LogP contribution in [0.1, 0.15) is 19.8 Å². The molecule has 0 heterocycles. The van der Waals surface area contributed by atoms with Gasteiger partial charge in [0.25, 0.3) is 0 Å². The van der Waals surface area contributed by atoms with Crippen LogP contribution >= 0.6 is 0 Å². The van der Waals surface area contributed by atoms with Crippen LogP contribution in [0.15, 0.2) is 24.3 Å². The van der Waals surface area contributed by atoms with Crippen molar-refractivity contribution in [2.24, 2.45) is 0 Å². The van der Waals surface area contributed by atoms with Crippen molar-refractivity contribution < 1.29 is 9.47 Å². The van der Waals surface area contributed by atoms with Crippen molar-refractivity contribution in [2.75, 3.05) is 6.61 Å². The standard InChI is InChI=1S/C11H14O2/c1-2-12-10-5-3-4-6-11(10)13-9-7-8-9/h3-6,9H,2,7-8H2,1H3. The fourth-order valence-corrected chi connectivity index (χ4v) is 1.19. The molecule has 0 bridgehead atoms. The summed E-state index contributed by atoms with van der Waals surface area (Å²) in [5.74, 6) is 1.74. The molecule has 13 heavy (non-hydrogen) atoms. The van der Waals surface area contributed by atoms with Gasteiger partial charge in [0.2, 0.25) is 0 Å². The van der Waals surface area contributed by atoms with Crippen molar-refractivity contribution in [1.82, 2.24) is 0 Å². The Hall–Kier alpha value is -1.18. The highest BCUT2D eigenvalue weighted by atomic mass is 16.5. The van der Waals surface area contributed by atoms with Crippen molar-refractivity contribution >= 4 is 0 Å². The van der Waals surface area contributed by atoms with Crippen molar-refractivity contribution in [3.63, 3.8) is 0 Å². The number of para-hydroxylation sites is 2. The zero-order valence-electron chi connectivity index (χ0n) is 7.82. The van der Waals surface area contributed by atoms with Gasteiger partial charge < -0.3 is 9.47 Å². The molecule has 2 nitrogen and oxygen atoms in total. The first-order valence-corrected chi connectivity index (χ1v) is 4.78. The van der Waals surface area contributed by atoms with Gasteiger partial charge in [0, 0.05) is 0 Å². The van der Waals surface area contributed by atoms with E-state index < -0.39 is 0 Å². The first-order valence-electron chi connectivity index (χ1n) is 4.78. The number of ether oxygens (including phenoxy) is 2. The molecule has 2 rings (SSSR count). The van der Waals surface area contributed by atoms with Gasteiger partial charge in [-0.25, -0.2) is 0 Å². The molecular weight excluding hydrogens is 164 g/mol. The smallest absolute Gasteiger partial charge is 0.161 e.